The highest BCUT2D eigenvalue weighted by molar-refractivity contribution is 7.80. The number of nitrogens with zero attached hydrogens (tertiary/aromatic N) is 1. The van der Waals surface area contributed by atoms with Gasteiger partial charge >= 0.3 is 0 Å². The molecule has 1 N–H and O–H groups in total. The molecular formula is C25H19ClN2O4S. The predicted octanol–water partition coefficient (Wildman–Crippen LogP) is 4.86. The summed E-state index contributed by atoms with van der Waals surface area (Å²) in [5, 5.41) is 3.13. The number of halogens is 1. The van der Waals surface area contributed by atoms with Crippen LogP contribution in [0, 0.1) is 0 Å². The van der Waals surface area contributed by atoms with Crippen LogP contribution in [-0.4, -0.2) is 31.1 Å². The summed E-state index contributed by atoms with van der Waals surface area (Å²) in [6.07, 6.45) is 1.54. The highest BCUT2D eigenvalue weighted by atomic mass is 35.5. The van der Waals surface area contributed by atoms with Gasteiger partial charge in [-0.3, -0.25) is 19.8 Å². The normalized spacial score (nSPS) is 14.9. The minimum absolute atomic E-state index is 0.0163. The van der Waals surface area contributed by atoms with Gasteiger partial charge in [0.05, 0.1) is 19.9 Å². The van der Waals surface area contributed by atoms with Crippen molar-refractivity contribution in [3.63, 3.8) is 0 Å². The molecule has 0 aromatic heterocycles. The number of methoxy groups -OCH3 is 2. The first-order valence-electron chi connectivity index (χ1n) is 9.91. The Bertz CT molecular complexity index is 1270. The molecule has 3 aromatic carbocycles. The van der Waals surface area contributed by atoms with Gasteiger partial charge < -0.3 is 9.47 Å². The molecule has 0 bridgehead atoms. The highest BCUT2D eigenvalue weighted by Gasteiger charge is 2.34. The molecule has 1 fully saturated rings. The highest BCUT2D eigenvalue weighted by Crippen LogP contribution is 2.32. The molecule has 0 spiro atoms. The summed E-state index contributed by atoms with van der Waals surface area (Å²) in [5.74, 6) is 0.228. The van der Waals surface area contributed by atoms with E-state index < -0.39 is 11.8 Å². The molecular weight excluding hydrogens is 460 g/mol. The summed E-state index contributed by atoms with van der Waals surface area (Å²) in [7, 11) is 3.17. The lowest BCUT2D eigenvalue weighted by Gasteiger charge is -2.28. The molecule has 4 rings (SSSR count). The van der Waals surface area contributed by atoms with Crippen molar-refractivity contribution in [1.29, 1.82) is 0 Å². The number of anilines is 1. The van der Waals surface area contributed by atoms with E-state index in [0.29, 0.717) is 27.8 Å². The molecule has 0 aliphatic carbocycles. The van der Waals surface area contributed by atoms with E-state index in [4.69, 9.17) is 33.3 Å². The van der Waals surface area contributed by atoms with Gasteiger partial charge in [0.15, 0.2) is 16.6 Å². The smallest absolute Gasteiger partial charge is 0.270 e. The van der Waals surface area contributed by atoms with Crippen LogP contribution in [0.1, 0.15) is 5.56 Å². The van der Waals surface area contributed by atoms with Crippen LogP contribution < -0.4 is 19.7 Å². The van der Waals surface area contributed by atoms with Gasteiger partial charge in [-0.25, -0.2) is 0 Å². The van der Waals surface area contributed by atoms with Crippen LogP contribution in [0.25, 0.3) is 17.2 Å². The van der Waals surface area contributed by atoms with E-state index in [1.54, 1.807) is 44.6 Å². The quantitative estimate of drug-likeness (QED) is 0.322. The summed E-state index contributed by atoms with van der Waals surface area (Å²) in [6.45, 7) is 0. The van der Waals surface area contributed by atoms with Gasteiger partial charge in [0, 0.05) is 5.02 Å². The maximum Gasteiger partial charge on any atom is 0.270 e. The maximum atomic E-state index is 13.1. The monoisotopic (exact) mass is 478 g/mol. The molecule has 1 saturated heterocycles. The molecule has 0 atom stereocenters. The lowest BCUT2D eigenvalue weighted by atomic mass is 10.0. The second-order valence-corrected chi connectivity index (χ2v) is 7.95. The fourth-order valence-corrected chi connectivity index (χ4v) is 3.84. The van der Waals surface area contributed by atoms with Gasteiger partial charge in [-0.05, 0) is 71.4 Å². The fraction of sp³-hybridized carbons (Fsp3) is 0.0800. The number of amides is 2. The zero-order chi connectivity index (χ0) is 23.5. The Morgan fingerprint density at radius 3 is 2.15 bits per heavy atom. The van der Waals surface area contributed by atoms with Crippen molar-refractivity contribution in [3.8, 4) is 22.6 Å². The number of carbonyl (C=O) groups is 2. The van der Waals surface area contributed by atoms with Crippen molar-refractivity contribution in [2.45, 2.75) is 0 Å². The SMILES string of the molecule is COc1ccc(-c2ccc(/C=C3/C(=O)NC(=S)N(c4ccc(Cl)cc4)C3=O)cc2)cc1OC. The van der Waals surface area contributed by atoms with Crippen molar-refractivity contribution < 1.29 is 19.1 Å². The first-order valence-corrected chi connectivity index (χ1v) is 10.7. The molecule has 0 radical (unpaired) electrons. The van der Waals surface area contributed by atoms with Crippen molar-refractivity contribution in [2.75, 3.05) is 19.1 Å². The number of hydrogen-bond acceptors (Lipinski definition) is 5. The lowest BCUT2D eigenvalue weighted by Crippen LogP contribution is -2.54. The Morgan fingerprint density at radius 2 is 1.52 bits per heavy atom. The van der Waals surface area contributed by atoms with Gasteiger partial charge in [0.25, 0.3) is 11.8 Å². The summed E-state index contributed by atoms with van der Waals surface area (Å²) in [4.78, 5) is 26.9. The molecule has 6 nitrogen and oxygen atoms in total. The molecule has 3 aromatic rings. The van der Waals surface area contributed by atoms with Crippen molar-refractivity contribution in [3.05, 3.63) is 82.9 Å². The third kappa shape index (κ3) is 4.60. The standard InChI is InChI=1S/C25H19ClN2O4S/c1-31-21-12-7-17(14-22(21)32-2)16-5-3-15(4-6-16)13-20-23(29)27-25(33)28(24(20)30)19-10-8-18(26)9-11-19/h3-14H,1-2H3,(H,27,29,33)/b20-13-. The van der Waals surface area contributed by atoms with Crippen molar-refractivity contribution in [2.24, 2.45) is 0 Å². The summed E-state index contributed by atoms with van der Waals surface area (Å²) in [6, 6.07) is 19.8. The minimum atomic E-state index is -0.542. The Hall–Kier alpha value is -3.68. The van der Waals surface area contributed by atoms with E-state index >= 15 is 0 Å². The Kier molecular flexibility index (Phi) is 6.44. The molecule has 1 aliphatic rings. The van der Waals surface area contributed by atoms with Gasteiger partial charge in [-0.15, -0.1) is 0 Å². The molecule has 8 heteroatoms. The van der Waals surface area contributed by atoms with Gasteiger partial charge in [-0.1, -0.05) is 41.9 Å². The Labute approximate surface area is 201 Å². The molecule has 33 heavy (non-hydrogen) atoms. The first-order chi connectivity index (χ1) is 15.9. The average molecular weight is 479 g/mol. The molecule has 1 heterocycles. The molecule has 1 aliphatic heterocycles. The minimum Gasteiger partial charge on any atom is -0.493 e. The van der Waals surface area contributed by atoms with Crippen molar-refractivity contribution in [1.82, 2.24) is 5.32 Å². The summed E-state index contributed by atoms with van der Waals surface area (Å²) >= 11 is 11.2. The van der Waals surface area contributed by atoms with Gasteiger partial charge in [-0.2, -0.15) is 0 Å². The van der Waals surface area contributed by atoms with E-state index in [1.807, 2.05) is 42.5 Å². The first kappa shape index (κ1) is 22.5. The Balaban J connectivity index is 1.62. The van der Waals surface area contributed by atoms with Crippen LogP contribution in [0.2, 0.25) is 5.02 Å². The maximum absolute atomic E-state index is 13.1. The van der Waals surface area contributed by atoms with Crippen LogP contribution in [0.3, 0.4) is 0 Å². The number of carbonyl (C=O) groups excluding carboxylic acids is 2. The fourth-order valence-electron chi connectivity index (χ4n) is 3.44. The average Bonchev–Trinajstić information content (AvgIpc) is 2.82. The third-order valence-electron chi connectivity index (χ3n) is 5.13. The number of rotatable bonds is 5. The third-order valence-corrected chi connectivity index (χ3v) is 5.66. The topological polar surface area (TPSA) is 67.9 Å². The largest absolute Gasteiger partial charge is 0.493 e. The van der Waals surface area contributed by atoms with E-state index in [2.05, 4.69) is 5.32 Å². The van der Waals surface area contributed by atoms with Crippen LogP contribution >= 0.6 is 23.8 Å². The molecule has 0 saturated carbocycles. The molecule has 2 amide bonds. The van der Waals surface area contributed by atoms with E-state index in [1.165, 1.54) is 4.90 Å². The second-order valence-electron chi connectivity index (χ2n) is 7.13. The number of ether oxygens (including phenoxy) is 2. The number of benzene rings is 3. The van der Waals surface area contributed by atoms with Gasteiger partial charge in [0.2, 0.25) is 0 Å². The molecule has 166 valence electrons. The van der Waals surface area contributed by atoms with E-state index in [0.717, 1.165) is 11.1 Å². The second kappa shape index (κ2) is 9.44. The molecule has 0 unspecified atom stereocenters. The summed E-state index contributed by atoms with van der Waals surface area (Å²) < 4.78 is 10.7. The van der Waals surface area contributed by atoms with E-state index in [9.17, 15) is 9.59 Å². The van der Waals surface area contributed by atoms with Crippen LogP contribution in [0.4, 0.5) is 5.69 Å². The number of nitrogens with one attached hydrogen (secondary N) is 1. The predicted molar refractivity (Wildman–Crippen MR) is 133 cm³/mol. The van der Waals surface area contributed by atoms with Crippen LogP contribution in [-0.2, 0) is 9.59 Å². The van der Waals surface area contributed by atoms with Gasteiger partial charge in [0.1, 0.15) is 5.57 Å². The van der Waals surface area contributed by atoms with Crippen LogP contribution in [0.5, 0.6) is 11.5 Å². The van der Waals surface area contributed by atoms with Crippen molar-refractivity contribution >= 4 is 52.5 Å². The zero-order valence-electron chi connectivity index (χ0n) is 17.8. The van der Waals surface area contributed by atoms with Crippen LogP contribution in [0.15, 0.2) is 72.3 Å². The zero-order valence-corrected chi connectivity index (χ0v) is 19.4. The summed E-state index contributed by atoms with van der Waals surface area (Å²) in [5.41, 5.74) is 3.09. The lowest BCUT2D eigenvalue weighted by molar-refractivity contribution is -0.122. The number of hydrogen-bond donors (Lipinski definition) is 1. The van der Waals surface area contributed by atoms with E-state index in [-0.39, 0.29) is 10.7 Å². The Morgan fingerprint density at radius 1 is 0.879 bits per heavy atom. The number of thiocarbonyl (C=S) groups is 1.